The Morgan fingerprint density at radius 3 is 2.26 bits per heavy atom. The molecule has 0 saturated heterocycles. The largest absolute Gasteiger partial charge is 0.504 e. The number of hydrogen-bond acceptors (Lipinski definition) is 3. The van der Waals surface area contributed by atoms with Crippen molar-refractivity contribution < 1.29 is 10.2 Å². The Morgan fingerprint density at radius 1 is 0.895 bits per heavy atom. The second-order valence-electron chi connectivity index (χ2n) is 4.56. The van der Waals surface area contributed by atoms with Gasteiger partial charge in [0.25, 0.3) is 0 Å². The van der Waals surface area contributed by atoms with E-state index in [1.54, 1.807) is 12.1 Å². The van der Waals surface area contributed by atoms with E-state index in [0.29, 0.717) is 12.1 Å². The molecular formula is C16H19NO2. The third kappa shape index (κ3) is 3.48. The molecule has 0 atom stereocenters. The van der Waals surface area contributed by atoms with Gasteiger partial charge in [0.2, 0.25) is 0 Å². The van der Waals surface area contributed by atoms with Crippen molar-refractivity contribution in [2.45, 2.75) is 26.4 Å². The molecule has 3 heteroatoms. The summed E-state index contributed by atoms with van der Waals surface area (Å²) in [5.41, 5.74) is 3.23. The summed E-state index contributed by atoms with van der Waals surface area (Å²) < 4.78 is 0. The van der Waals surface area contributed by atoms with Crippen molar-refractivity contribution in [3.8, 4) is 11.5 Å². The minimum Gasteiger partial charge on any atom is -0.504 e. The summed E-state index contributed by atoms with van der Waals surface area (Å²) >= 11 is 0. The van der Waals surface area contributed by atoms with Crippen LogP contribution in [0.3, 0.4) is 0 Å². The van der Waals surface area contributed by atoms with Crippen LogP contribution in [0.1, 0.15) is 23.6 Å². The van der Waals surface area contributed by atoms with Gasteiger partial charge >= 0.3 is 0 Å². The first-order valence-electron chi connectivity index (χ1n) is 6.49. The summed E-state index contributed by atoms with van der Waals surface area (Å²) in [5, 5.41) is 22.3. The van der Waals surface area contributed by atoms with Crippen LogP contribution in [-0.2, 0) is 19.5 Å². The molecule has 100 valence electrons. The lowest BCUT2D eigenvalue weighted by Crippen LogP contribution is -2.12. The van der Waals surface area contributed by atoms with Crippen molar-refractivity contribution in [2.75, 3.05) is 0 Å². The number of phenols is 2. The van der Waals surface area contributed by atoms with Gasteiger partial charge in [-0.2, -0.15) is 0 Å². The molecule has 0 aliphatic carbocycles. The van der Waals surface area contributed by atoms with E-state index < -0.39 is 0 Å². The summed E-state index contributed by atoms with van der Waals surface area (Å²) in [6.07, 6.45) is 1.05. The average Bonchev–Trinajstić information content (AvgIpc) is 2.44. The van der Waals surface area contributed by atoms with E-state index in [1.165, 1.54) is 17.2 Å². The zero-order valence-corrected chi connectivity index (χ0v) is 11.1. The molecular weight excluding hydrogens is 238 g/mol. The highest BCUT2D eigenvalue weighted by atomic mass is 16.3. The first-order chi connectivity index (χ1) is 9.20. The fourth-order valence-corrected chi connectivity index (χ4v) is 1.95. The van der Waals surface area contributed by atoms with Crippen LogP contribution in [0.5, 0.6) is 11.5 Å². The number of aryl methyl sites for hydroxylation is 1. The fourth-order valence-electron chi connectivity index (χ4n) is 1.95. The standard InChI is InChI=1S/C16H19NO2/c1-2-12-6-8-13(9-7-12)10-17-11-14-4-3-5-15(18)16(14)19/h3-9,17-19H,2,10-11H2,1H3. The van der Waals surface area contributed by atoms with E-state index in [1.807, 2.05) is 0 Å². The van der Waals surface area contributed by atoms with Gasteiger partial charge in [-0.15, -0.1) is 0 Å². The van der Waals surface area contributed by atoms with Crippen LogP contribution in [0.2, 0.25) is 0 Å². The average molecular weight is 257 g/mol. The second-order valence-corrected chi connectivity index (χ2v) is 4.56. The molecule has 0 aliphatic heterocycles. The number of benzene rings is 2. The topological polar surface area (TPSA) is 52.5 Å². The minimum absolute atomic E-state index is 0.0451. The third-order valence-corrected chi connectivity index (χ3v) is 3.17. The van der Waals surface area contributed by atoms with Crippen LogP contribution in [0.4, 0.5) is 0 Å². The van der Waals surface area contributed by atoms with Gasteiger partial charge in [-0.1, -0.05) is 43.3 Å². The third-order valence-electron chi connectivity index (χ3n) is 3.17. The van der Waals surface area contributed by atoms with Gasteiger partial charge in [0.15, 0.2) is 11.5 Å². The zero-order chi connectivity index (χ0) is 13.7. The minimum atomic E-state index is -0.0772. The van der Waals surface area contributed by atoms with Crippen LogP contribution in [-0.4, -0.2) is 10.2 Å². The van der Waals surface area contributed by atoms with E-state index in [0.717, 1.165) is 13.0 Å². The number of aromatic hydroxyl groups is 2. The van der Waals surface area contributed by atoms with Gasteiger partial charge in [-0.05, 0) is 23.6 Å². The quantitative estimate of drug-likeness (QED) is 0.722. The molecule has 0 fully saturated rings. The normalized spacial score (nSPS) is 10.6. The SMILES string of the molecule is CCc1ccc(CNCc2cccc(O)c2O)cc1. The molecule has 0 aromatic heterocycles. The van der Waals surface area contributed by atoms with Gasteiger partial charge in [0.1, 0.15) is 0 Å². The smallest absolute Gasteiger partial charge is 0.161 e. The Kier molecular flexibility index (Phi) is 4.42. The number of rotatable bonds is 5. The van der Waals surface area contributed by atoms with Gasteiger partial charge in [-0.25, -0.2) is 0 Å². The first-order valence-corrected chi connectivity index (χ1v) is 6.49. The molecule has 0 bridgehead atoms. The maximum Gasteiger partial charge on any atom is 0.161 e. The molecule has 0 heterocycles. The highest BCUT2D eigenvalue weighted by Gasteiger charge is 2.04. The van der Waals surface area contributed by atoms with Crippen molar-refractivity contribution in [2.24, 2.45) is 0 Å². The molecule has 0 unspecified atom stereocenters. The summed E-state index contributed by atoms with van der Waals surface area (Å²) in [4.78, 5) is 0. The van der Waals surface area contributed by atoms with Crippen molar-refractivity contribution in [3.05, 3.63) is 59.2 Å². The Morgan fingerprint density at radius 2 is 1.58 bits per heavy atom. The lowest BCUT2D eigenvalue weighted by Gasteiger charge is -2.08. The van der Waals surface area contributed by atoms with Crippen LogP contribution < -0.4 is 5.32 Å². The fraction of sp³-hybridized carbons (Fsp3) is 0.250. The van der Waals surface area contributed by atoms with Crippen LogP contribution in [0.25, 0.3) is 0 Å². The molecule has 3 N–H and O–H groups in total. The van der Waals surface area contributed by atoms with Crippen LogP contribution in [0, 0.1) is 0 Å². The van der Waals surface area contributed by atoms with Gasteiger partial charge in [0.05, 0.1) is 0 Å². The predicted octanol–water partition coefficient (Wildman–Crippen LogP) is 2.95. The summed E-state index contributed by atoms with van der Waals surface area (Å²) in [6, 6.07) is 13.5. The Hall–Kier alpha value is -2.00. The number of phenolic OH excluding ortho intramolecular Hbond substituents is 2. The van der Waals surface area contributed by atoms with Crippen molar-refractivity contribution in [1.29, 1.82) is 0 Å². The molecule has 0 spiro atoms. The van der Waals surface area contributed by atoms with Crippen molar-refractivity contribution in [3.63, 3.8) is 0 Å². The maximum atomic E-state index is 9.67. The second kappa shape index (κ2) is 6.25. The van der Waals surface area contributed by atoms with Gasteiger partial charge < -0.3 is 15.5 Å². The molecule has 19 heavy (non-hydrogen) atoms. The Labute approximate surface area is 113 Å². The Balaban J connectivity index is 1.90. The molecule has 0 amide bonds. The zero-order valence-electron chi connectivity index (χ0n) is 11.1. The summed E-state index contributed by atoms with van der Waals surface area (Å²) in [7, 11) is 0. The lowest BCUT2D eigenvalue weighted by molar-refractivity contribution is 0.397. The van der Waals surface area contributed by atoms with Gasteiger partial charge in [-0.3, -0.25) is 0 Å². The lowest BCUT2D eigenvalue weighted by atomic mass is 10.1. The first kappa shape index (κ1) is 13.4. The van der Waals surface area contributed by atoms with E-state index in [9.17, 15) is 10.2 Å². The predicted molar refractivity (Wildman–Crippen MR) is 76.1 cm³/mol. The van der Waals surface area contributed by atoms with E-state index in [4.69, 9.17) is 0 Å². The molecule has 2 aromatic rings. The molecule has 3 nitrogen and oxygen atoms in total. The van der Waals surface area contributed by atoms with Crippen molar-refractivity contribution >= 4 is 0 Å². The van der Waals surface area contributed by atoms with Crippen LogP contribution in [0.15, 0.2) is 42.5 Å². The molecule has 0 aliphatic rings. The van der Waals surface area contributed by atoms with Crippen molar-refractivity contribution in [1.82, 2.24) is 5.32 Å². The van der Waals surface area contributed by atoms with Gasteiger partial charge in [0, 0.05) is 18.7 Å². The number of para-hydroxylation sites is 1. The number of hydrogen-bond donors (Lipinski definition) is 3. The molecule has 0 radical (unpaired) electrons. The van der Waals surface area contributed by atoms with E-state index in [-0.39, 0.29) is 11.5 Å². The molecule has 2 aromatic carbocycles. The number of nitrogens with one attached hydrogen (secondary N) is 1. The van der Waals surface area contributed by atoms with E-state index in [2.05, 4.69) is 36.5 Å². The highest BCUT2D eigenvalue weighted by molar-refractivity contribution is 5.44. The maximum absolute atomic E-state index is 9.67. The summed E-state index contributed by atoms with van der Waals surface area (Å²) in [5.74, 6) is -0.122. The Bertz CT molecular complexity index is 535. The molecule has 0 saturated carbocycles. The summed E-state index contributed by atoms with van der Waals surface area (Å²) in [6.45, 7) is 3.40. The van der Waals surface area contributed by atoms with Crippen LogP contribution >= 0.6 is 0 Å². The highest BCUT2D eigenvalue weighted by Crippen LogP contribution is 2.27. The monoisotopic (exact) mass is 257 g/mol. The molecule has 2 rings (SSSR count). The van der Waals surface area contributed by atoms with E-state index >= 15 is 0 Å².